The van der Waals surface area contributed by atoms with Gasteiger partial charge in [-0.3, -0.25) is 4.72 Å². The van der Waals surface area contributed by atoms with E-state index in [0.717, 1.165) is 0 Å². The van der Waals surface area contributed by atoms with Crippen molar-refractivity contribution in [2.45, 2.75) is 39.4 Å². The fourth-order valence-electron chi connectivity index (χ4n) is 0.306. The molecule has 0 radical (unpaired) electrons. The molecule has 0 atom stereocenters. The van der Waals surface area contributed by atoms with E-state index < -0.39 is 0 Å². The summed E-state index contributed by atoms with van der Waals surface area (Å²) in [4.78, 5) is 0. The first-order chi connectivity index (χ1) is 4.06. The third-order valence-electron chi connectivity index (χ3n) is 0.408. The predicted molar refractivity (Wildman–Crippen MR) is 47.8 cm³/mol. The van der Waals surface area contributed by atoms with Crippen LogP contribution in [0, 0.1) is 0 Å². The van der Waals surface area contributed by atoms with E-state index in [1.165, 1.54) is 0 Å². The van der Waals surface area contributed by atoms with Gasteiger partial charge in [0.15, 0.2) is 0 Å². The van der Waals surface area contributed by atoms with E-state index in [9.17, 15) is 0 Å². The number of rotatable bonds is 1. The van der Waals surface area contributed by atoms with Crippen molar-refractivity contribution < 1.29 is 0 Å². The minimum Gasteiger partial charge on any atom is -0.267 e. The Morgan fingerprint density at radius 3 is 1.44 bits per heavy atom. The third kappa shape index (κ3) is 17.8. The zero-order chi connectivity index (χ0) is 7.91. The summed E-state index contributed by atoms with van der Waals surface area (Å²) in [5.41, 5.74) is 0. The summed E-state index contributed by atoms with van der Waals surface area (Å²) in [5, 5.41) is 0. The van der Waals surface area contributed by atoms with Crippen molar-refractivity contribution in [3.63, 3.8) is 0 Å². The van der Waals surface area contributed by atoms with Gasteiger partial charge in [0, 0.05) is 4.75 Å². The highest BCUT2D eigenvalue weighted by Gasteiger charge is 2.07. The van der Waals surface area contributed by atoms with Gasteiger partial charge in [0.25, 0.3) is 0 Å². The molecule has 0 saturated heterocycles. The lowest BCUT2D eigenvalue weighted by Crippen LogP contribution is -2.13. The minimum absolute atomic E-state index is 0.356. The first kappa shape index (κ1) is 12.0. The molecule has 0 unspecified atom stereocenters. The second-order valence-electron chi connectivity index (χ2n) is 2.42. The molecule has 0 aromatic heterocycles. The molecular formula is C7H19NS. The molecule has 0 aliphatic rings. The Morgan fingerprint density at radius 1 is 1.11 bits per heavy atom. The Hall–Kier alpha value is 0.310. The van der Waals surface area contributed by atoms with Gasteiger partial charge in [0.05, 0.1) is 0 Å². The van der Waals surface area contributed by atoms with Crippen molar-refractivity contribution in [2.24, 2.45) is 0 Å². The molecule has 0 bridgehead atoms. The van der Waals surface area contributed by atoms with Crippen LogP contribution in [0.5, 0.6) is 0 Å². The number of nitrogens with one attached hydrogen (secondary N) is 1. The molecule has 0 aliphatic heterocycles. The van der Waals surface area contributed by atoms with E-state index in [1.54, 1.807) is 11.9 Å². The van der Waals surface area contributed by atoms with Crippen molar-refractivity contribution in [3.8, 4) is 0 Å². The van der Waals surface area contributed by atoms with E-state index in [1.807, 2.05) is 20.9 Å². The average molecular weight is 149 g/mol. The standard InChI is InChI=1S/C5H13NS.C2H6/c1-5(2,3)7-6-4;1-2/h6H,1-4H3;1-2H3. The smallest absolute Gasteiger partial charge is 0.0220 e. The highest BCUT2D eigenvalue weighted by atomic mass is 32.2. The Labute approximate surface area is 63.7 Å². The number of hydrogen-bond donors (Lipinski definition) is 1. The van der Waals surface area contributed by atoms with Crippen LogP contribution in [0.2, 0.25) is 0 Å². The third-order valence-corrected chi connectivity index (χ3v) is 1.22. The largest absolute Gasteiger partial charge is 0.267 e. The molecule has 0 aliphatic carbocycles. The highest BCUT2D eigenvalue weighted by Crippen LogP contribution is 2.17. The van der Waals surface area contributed by atoms with E-state index in [0.29, 0.717) is 4.75 Å². The molecule has 0 amide bonds. The van der Waals surface area contributed by atoms with E-state index >= 15 is 0 Å². The van der Waals surface area contributed by atoms with Gasteiger partial charge in [-0.2, -0.15) is 0 Å². The first-order valence-electron chi connectivity index (χ1n) is 3.41. The second kappa shape index (κ2) is 6.43. The quantitative estimate of drug-likeness (QED) is 0.575. The van der Waals surface area contributed by atoms with E-state index in [2.05, 4.69) is 25.5 Å². The molecule has 1 nitrogen and oxygen atoms in total. The van der Waals surface area contributed by atoms with Crippen LogP contribution in [0.4, 0.5) is 0 Å². The summed E-state index contributed by atoms with van der Waals surface area (Å²) >= 11 is 1.74. The molecule has 0 saturated carbocycles. The number of hydrogen-bond acceptors (Lipinski definition) is 2. The lowest BCUT2D eigenvalue weighted by Gasteiger charge is -2.14. The van der Waals surface area contributed by atoms with Gasteiger partial charge in [-0.1, -0.05) is 25.8 Å². The second-order valence-corrected chi connectivity index (χ2v) is 4.26. The fourth-order valence-corrected chi connectivity index (χ4v) is 0.919. The molecule has 9 heavy (non-hydrogen) atoms. The Bertz CT molecular complexity index is 47.4. The van der Waals surface area contributed by atoms with Gasteiger partial charge in [-0.15, -0.1) is 0 Å². The molecule has 0 spiro atoms. The normalized spacial score (nSPS) is 10.0. The Kier molecular flexibility index (Phi) is 8.60. The van der Waals surface area contributed by atoms with Crippen LogP contribution in [-0.4, -0.2) is 11.8 Å². The first-order valence-corrected chi connectivity index (χ1v) is 4.22. The van der Waals surface area contributed by atoms with E-state index in [-0.39, 0.29) is 0 Å². The zero-order valence-electron chi connectivity index (χ0n) is 7.41. The highest BCUT2D eigenvalue weighted by molar-refractivity contribution is 7.98. The molecule has 1 N–H and O–H groups in total. The predicted octanol–water partition coefficient (Wildman–Crippen LogP) is 2.68. The summed E-state index contributed by atoms with van der Waals surface area (Å²) < 4.78 is 3.38. The summed E-state index contributed by atoms with van der Waals surface area (Å²) in [5.74, 6) is 0. The fraction of sp³-hybridized carbons (Fsp3) is 1.00. The molecule has 0 fully saturated rings. The maximum atomic E-state index is 3.02. The van der Waals surface area contributed by atoms with Gasteiger partial charge >= 0.3 is 0 Å². The maximum Gasteiger partial charge on any atom is 0.0220 e. The maximum absolute atomic E-state index is 3.02. The van der Waals surface area contributed by atoms with Gasteiger partial charge in [-0.05, 0) is 27.8 Å². The summed E-state index contributed by atoms with van der Waals surface area (Å²) in [6.45, 7) is 10.5. The van der Waals surface area contributed by atoms with Crippen LogP contribution in [0.3, 0.4) is 0 Å². The van der Waals surface area contributed by atoms with Crippen LogP contribution in [-0.2, 0) is 0 Å². The molecule has 0 aromatic carbocycles. The van der Waals surface area contributed by atoms with E-state index in [4.69, 9.17) is 0 Å². The van der Waals surface area contributed by atoms with Crippen molar-refractivity contribution in [1.29, 1.82) is 0 Å². The Balaban J connectivity index is 0. The van der Waals surface area contributed by atoms with Crippen molar-refractivity contribution in [1.82, 2.24) is 4.72 Å². The van der Waals surface area contributed by atoms with Crippen molar-refractivity contribution in [2.75, 3.05) is 7.05 Å². The lowest BCUT2D eigenvalue weighted by molar-refractivity contribution is 0.797. The van der Waals surface area contributed by atoms with Gasteiger partial charge < -0.3 is 0 Å². The Morgan fingerprint density at radius 2 is 1.44 bits per heavy atom. The topological polar surface area (TPSA) is 12.0 Å². The van der Waals surface area contributed by atoms with Gasteiger partial charge in [0.2, 0.25) is 0 Å². The summed E-state index contributed by atoms with van der Waals surface area (Å²) in [6.07, 6.45) is 0. The van der Waals surface area contributed by atoms with Crippen LogP contribution >= 0.6 is 11.9 Å². The molecular weight excluding hydrogens is 130 g/mol. The molecule has 2 heteroatoms. The van der Waals surface area contributed by atoms with Crippen molar-refractivity contribution >= 4 is 11.9 Å². The van der Waals surface area contributed by atoms with Gasteiger partial charge in [-0.25, -0.2) is 0 Å². The monoisotopic (exact) mass is 149 g/mol. The van der Waals surface area contributed by atoms with Crippen LogP contribution in [0.1, 0.15) is 34.6 Å². The molecule has 0 aromatic rings. The lowest BCUT2D eigenvalue weighted by atomic mass is 10.3. The van der Waals surface area contributed by atoms with Crippen LogP contribution < -0.4 is 4.72 Å². The molecule has 0 heterocycles. The minimum atomic E-state index is 0.356. The SMILES string of the molecule is CC.CNSC(C)(C)C. The summed E-state index contributed by atoms with van der Waals surface area (Å²) in [6, 6.07) is 0. The van der Waals surface area contributed by atoms with Crippen molar-refractivity contribution in [3.05, 3.63) is 0 Å². The molecule has 0 rings (SSSR count). The van der Waals surface area contributed by atoms with Crippen LogP contribution in [0.25, 0.3) is 0 Å². The average Bonchev–Trinajstić information content (AvgIpc) is 1.69. The molecule has 58 valence electrons. The summed E-state index contributed by atoms with van der Waals surface area (Å²) in [7, 11) is 1.94. The van der Waals surface area contributed by atoms with Gasteiger partial charge in [0.1, 0.15) is 0 Å². The van der Waals surface area contributed by atoms with Crippen LogP contribution in [0.15, 0.2) is 0 Å². The zero-order valence-corrected chi connectivity index (χ0v) is 8.22.